The molecule has 1 N–H and O–H groups in total. The molecule has 0 saturated heterocycles. The van der Waals surface area contributed by atoms with Gasteiger partial charge in [-0.1, -0.05) is 18.2 Å². The maximum absolute atomic E-state index is 10.1. The second kappa shape index (κ2) is 3.60. The lowest BCUT2D eigenvalue weighted by atomic mass is 9.97. The van der Waals surface area contributed by atoms with Gasteiger partial charge in [0.15, 0.2) is 6.29 Å². The van der Waals surface area contributed by atoms with Gasteiger partial charge in [0, 0.05) is 24.6 Å². The van der Waals surface area contributed by atoms with E-state index in [-0.39, 0.29) is 0 Å². The molecule has 1 aromatic rings. The molecule has 0 fully saturated rings. The van der Waals surface area contributed by atoms with Gasteiger partial charge in [0.2, 0.25) is 0 Å². The normalized spacial score (nSPS) is 19.2. The molecular weight excluding hydrogens is 162 g/mol. The van der Waals surface area contributed by atoms with Gasteiger partial charge in [0.05, 0.1) is 0 Å². The average molecular weight is 174 g/mol. The highest BCUT2D eigenvalue weighted by molar-refractivity contribution is 5.58. The van der Waals surface area contributed by atoms with Gasteiger partial charge >= 0.3 is 0 Å². The smallest absolute Gasteiger partial charge is 0.198 e. The zero-order valence-electron chi connectivity index (χ0n) is 7.42. The molecule has 0 spiro atoms. The van der Waals surface area contributed by atoms with Crippen molar-refractivity contribution in [2.45, 2.75) is 18.8 Å². The molecule has 13 heavy (non-hydrogen) atoms. The van der Waals surface area contributed by atoms with Crippen LogP contribution in [0.3, 0.4) is 0 Å². The van der Waals surface area contributed by atoms with Gasteiger partial charge in [0.1, 0.15) is 0 Å². The second-order valence-electron chi connectivity index (χ2n) is 3.35. The number of nitrogens with one attached hydrogen (secondary N) is 1. The van der Waals surface area contributed by atoms with E-state index in [1.165, 1.54) is 11.3 Å². The highest BCUT2D eigenvalue weighted by Gasteiger charge is 2.20. The van der Waals surface area contributed by atoms with Gasteiger partial charge in [-0.15, -0.1) is 0 Å². The summed E-state index contributed by atoms with van der Waals surface area (Å²) in [5, 5.41) is 3.33. The van der Waals surface area contributed by atoms with E-state index in [2.05, 4.69) is 17.4 Å². The van der Waals surface area contributed by atoms with Crippen LogP contribution in [0.1, 0.15) is 24.3 Å². The van der Waals surface area contributed by atoms with Gasteiger partial charge < -0.3 is 5.32 Å². The van der Waals surface area contributed by atoms with Gasteiger partial charge in [-0.05, 0) is 18.1 Å². The highest BCUT2D eigenvalue weighted by Crippen LogP contribution is 2.33. The van der Waals surface area contributed by atoms with Crippen molar-refractivity contribution < 1.29 is 4.79 Å². The second-order valence-corrected chi connectivity index (χ2v) is 3.35. The van der Waals surface area contributed by atoms with Crippen molar-refractivity contribution in [3.63, 3.8) is 0 Å². The molecular formula is C11H12NO. The minimum atomic E-state index is 0.498. The lowest BCUT2D eigenvalue weighted by molar-refractivity contribution is 0.543. The van der Waals surface area contributed by atoms with E-state index in [4.69, 9.17) is 0 Å². The Labute approximate surface area is 78.0 Å². The lowest BCUT2D eigenvalue weighted by Gasteiger charge is -2.06. The van der Waals surface area contributed by atoms with Crippen LogP contribution in [-0.2, 0) is 4.79 Å². The first-order valence-electron chi connectivity index (χ1n) is 4.59. The van der Waals surface area contributed by atoms with E-state index in [0.29, 0.717) is 12.3 Å². The fraction of sp³-hybridized carbons (Fsp3) is 0.364. The molecule has 1 aromatic carbocycles. The quantitative estimate of drug-likeness (QED) is 0.760. The standard InChI is InChI=1S/C11H12NO/c13-7-3-4-9-8-12-11-6-2-1-5-10(9)11/h1-2,5-6,9,12H,3-4,8H2. The number of rotatable bonds is 3. The van der Waals surface area contributed by atoms with Crippen LogP contribution in [0, 0.1) is 0 Å². The number of para-hydroxylation sites is 1. The molecule has 2 rings (SSSR count). The topological polar surface area (TPSA) is 29.1 Å². The van der Waals surface area contributed by atoms with Crippen LogP contribution in [0.2, 0.25) is 0 Å². The Balaban J connectivity index is 2.13. The Kier molecular flexibility index (Phi) is 2.30. The van der Waals surface area contributed by atoms with Crippen molar-refractivity contribution in [1.82, 2.24) is 0 Å². The molecule has 1 heterocycles. The molecule has 1 unspecified atom stereocenters. The first kappa shape index (κ1) is 8.30. The number of hydrogen-bond acceptors (Lipinski definition) is 2. The van der Waals surface area contributed by atoms with E-state index in [9.17, 15) is 4.79 Å². The van der Waals surface area contributed by atoms with Crippen LogP contribution in [0.25, 0.3) is 0 Å². The van der Waals surface area contributed by atoms with E-state index in [0.717, 1.165) is 13.0 Å². The Morgan fingerprint density at radius 2 is 2.31 bits per heavy atom. The number of hydrogen-bond donors (Lipinski definition) is 1. The molecule has 0 aliphatic carbocycles. The Morgan fingerprint density at radius 3 is 3.15 bits per heavy atom. The van der Waals surface area contributed by atoms with E-state index in [1.54, 1.807) is 0 Å². The van der Waals surface area contributed by atoms with E-state index in [1.807, 2.05) is 18.4 Å². The summed E-state index contributed by atoms with van der Waals surface area (Å²) < 4.78 is 0. The predicted octanol–water partition coefficient (Wildman–Crippen LogP) is 2.09. The van der Waals surface area contributed by atoms with Gasteiger partial charge in [-0.25, -0.2) is 0 Å². The van der Waals surface area contributed by atoms with Crippen molar-refractivity contribution in [1.29, 1.82) is 0 Å². The molecule has 0 amide bonds. The Bertz CT molecular complexity index is 309. The zero-order valence-corrected chi connectivity index (χ0v) is 7.42. The molecule has 1 aliphatic heterocycles. The summed E-state index contributed by atoms with van der Waals surface area (Å²) in [6.45, 7) is 0.959. The predicted molar refractivity (Wildman–Crippen MR) is 52.6 cm³/mol. The van der Waals surface area contributed by atoms with Crippen LogP contribution < -0.4 is 5.32 Å². The number of fused-ring (bicyclic) bond motifs is 1. The van der Waals surface area contributed by atoms with E-state index < -0.39 is 0 Å². The first-order chi connectivity index (χ1) is 6.42. The van der Waals surface area contributed by atoms with Crippen molar-refractivity contribution in [3.8, 4) is 0 Å². The van der Waals surface area contributed by atoms with Gasteiger partial charge in [-0.2, -0.15) is 0 Å². The molecule has 67 valence electrons. The van der Waals surface area contributed by atoms with Crippen molar-refractivity contribution >= 4 is 12.0 Å². The van der Waals surface area contributed by atoms with Crippen LogP contribution in [-0.4, -0.2) is 12.8 Å². The third kappa shape index (κ3) is 1.57. The van der Waals surface area contributed by atoms with Crippen molar-refractivity contribution in [2.24, 2.45) is 0 Å². The summed E-state index contributed by atoms with van der Waals surface area (Å²) in [5.41, 5.74) is 2.57. The maximum atomic E-state index is 10.1. The third-order valence-electron chi connectivity index (χ3n) is 2.53. The summed E-state index contributed by atoms with van der Waals surface area (Å²) in [7, 11) is 0. The zero-order chi connectivity index (χ0) is 9.10. The van der Waals surface area contributed by atoms with Crippen LogP contribution in [0.4, 0.5) is 5.69 Å². The van der Waals surface area contributed by atoms with Gasteiger partial charge in [-0.3, -0.25) is 4.79 Å². The molecule has 0 aromatic heterocycles. The largest absolute Gasteiger partial charge is 0.384 e. The molecule has 0 saturated carbocycles. The lowest BCUT2D eigenvalue weighted by Crippen LogP contribution is -2.01. The van der Waals surface area contributed by atoms with Crippen LogP contribution in [0.15, 0.2) is 24.3 Å². The summed E-state index contributed by atoms with van der Waals surface area (Å²) in [4.78, 5) is 10.1. The molecule has 2 nitrogen and oxygen atoms in total. The Morgan fingerprint density at radius 1 is 1.46 bits per heavy atom. The minimum absolute atomic E-state index is 0.498. The summed E-state index contributed by atoms with van der Waals surface area (Å²) >= 11 is 0. The summed E-state index contributed by atoms with van der Waals surface area (Å²) in [6, 6.07) is 8.29. The maximum Gasteiger partial charge on any atom is 0.198 e. The van der Waals surface area contributed by atoms with Crippen LogP contribution in [0.5, 0.6) is 0 Å². The molecule has 2 heteroatoms. The fourth-order valence-electron chi connectivity index (χ4n) is 1.85. The van der Waals surface area contributed by atoms with Crippen molar-refractivity contribution in [2.75, 3.05) is 11.9 Å². The molecule has 1 radical (unpaired) electrons. The molecule has 0 bridgehead atoms. The Hall–Kier alpha value is -1.31. The summed E-state index contributed by atoms with van der Waals surface area (Å²) in [5.74, 6) is 0.498. The van der Waals surface area contributed by atoms with Crippen molar-refractivity contribution in [3.05, 3.63) is 29.8 Å². The van der Waals surface area contributed by atoms with Gasteiger partial charge in [0.25, 0.3) is 0 Å². The molecule has 1 aliphatic rings. The first-order valence-corrected chi connectivity index (χ1v) is 4.59. The van der Waals surface area contributed by atoms with Crippen LogP contribution >= 0.6 is 0 Å². The third-order valence-corrected chi connectivity index (χ3v) is 2.53. The average Bonchev–Trinajstić information content (AvgIpc) is 2.58. The number of benzene rings is 1. The SMILES string of the molecule is O=[C]CCC1CNc2ccccc21. The monoisotopic (exact) mass is 174 g/mol. The number of anilines is 1. The molecule has 1 atom stereocenters. The summed E-state index contributed by atoms with van der Waals surface area (Å²) in [6.07, 6.45) is 3.40. The number of carbonyl (C=O) groups excluding carboxylic acids is 1. The minimum Gasteiger partial charge on any atom is -0.384 e. The fourth-order valence-corrected chi connectivity index (χ4v) is 1.85. The van der Waals surface area contributed by atoms with E-state index >= 15 is 0 Å². The highest BCUT2D eigenvalue weighted by atomic mass is 16.1.